The van der Waals surface area contributed by atoms with E-state index in [0.29, 0.717) is 18.7 Å². The van der Waals surface area contributed by atoms with E-state index in [-0.39, 0.29) is 11.3 Å². The maximum absolute atomic E-state index is 14.1. The van der Waals surface area contributed by atoms with Crippen molar-refractivity contribution in [2.75, 3.05) is 13.6 Å². The molecule has 9 heteroatoms. The molecule has 0 radical (unpaired) electrons. The second-order valence-corrected chi connectivity index (χ2v) is 6.62. The number of nitrogens with zero attached hydrogens (tertiary/aromatic N) is 1. The van der Waals surface area contributed by atoms with Crippen LogP contribution in [0.1, 0.15) is 22.8 Å². The van der Waals surface area contributed by atoms with Crippen LogP contribution >= 0.6 is 0 Å². The van der Waals surface area contributed by atoms with Crippen molar-refractivity contribution in [2.45, 2.75) is 19.6 Å². The number of hydrogen-bond donors (Lipinski definition) is 2. The molecule has 1 aliphatic heterocycles. The van der Waals surface area contributed by atoms with Gasteiger partial charge in [-0.15, -0.1) is 0 Å². The molecule has 0 saturated carbocycles. The van der Waals surface area contributed by atoms with Crippen LogP contribution in [-0.2, 0) is 16.1 Å². The molecule has 30 heavy (non-hydrogen) atoms. The summed E-state index contributed by atoms with van der Waals surface area (Å²) in [5.74, 6) is -5.91. The Hall–Kier alpha value is -3.33. The van der Waals surface area contributed by atoms with E-state index in [1.54, 1.807) is 0 Å². The molecule has 2 N–H and O–H groups in total. The van der Waals surface area contributed by atoms with Gasteiger partial charge >= 0.3 is 11.9 Å². The second kappa shape index (κ2) is 9.93. The van der Waals surface area contributed by atoms with Crippen molar-refractivity contribution in [1.82, 2.24) is 4.90 Å². The number of ether oxygens (including phenoxy) is 1. The van der Waals surface area contributed by atoms with E-state index in [4.69, 9.17) is 14.9 Å². The number of halogens is 3. The topological polar surface area (TPSA) is 87.1 Å². The highest BCUT2D eigenvalue weighted by atomic mass is 19.2. The molecule has 3 rings (SSSR count). The quantitative estimate of drug-likeness (QED) is 0.576. The molecule has 1 heterocycles. The van der Waals surface area contributed by atoms with Gasteiger partial charge in [0.25, 0.3) is 0 Å². The molecule has 160 valence electrons. The highest BCUT2D eigenvalue weighted by molar-refractivity contribution is 5.89. The molecule has 2 aromatic carbocycles. The molecule has 1 unspecified atom stereocenters. The highest BCUT2D eigenvalue weighted by Crippen LogP contribution is 2.33. The van der Waals surface area contributed by atoms with Crippen molar-refractivity contribution in [3.63, 3.8) is 0 Å². The average molecular weight is 423 g/mol. The summed E-state index contributed by atoms with van der Waals surface area (Å²) in [6, 6.07) is 8.48. The fourth-order valence-corrected chi connectivity index (χ4v) is 2.91. The number of rotatable bonds is 4. The Morgan fingerprint density at radius 1 is 1.10 bits per heavy atom. The zero-order chi connectivity index (χ0) is 22.4. The van der Waals surface area contributed by atoms with Crippen molar-refractivity contribution in [3.8, 4) is 5.75 Å². The molecular formula is C21H20F3NO5. The number of carboxylic acids is 2. The van der Waals surface area contributed by atoms with Gasteiger partial charge in [0.1, 0.15) is 6.10 Å². The number of carboxylic acid groups (broad SMARTS) is 2. The van der Waals surface area contributed by atoms with Crippen LogP contribution in [0.15, 0.2) is 42.5 Å². The lowest BCUT2D eigenvalue weighted by Crippen LogP contribution is -2.33. The van der Waals surface area contributed by atoms with Crippen molar-refractivity contribution < 1.29 is 37.7 Å². The molecular weight excluding hydrogens is 403 g/mol. The molecule has 0 fully saturated rings. The number of aliphatic carboxylic acids is 2. The van der Waals surface area contributed by atoms with Gasteiger partial charge in [0, 0.05) is 36.9 Å². The average Bonchev–Trinajstić information content (AvgIpc) is 2.69. The third kappa shape index (κ3) is 5.84. The van der Waals surface area contributed by atoms with Gasteiger partial charge in [-0.05, 0) is 25.1 Å². The molecule has 0 spiro atoms. The first-order valence-electron chi connectivity index (χ1n) is 8.81. The van der Waals surface area contributed by atoms with E-state index in [9.17, 15) is 22.8 Å². The first-order valence-corrected chi connectivity index (χ1v) is 8.81. The number of benzene rings is 2. The second-order valence-electron chi connectivity index (χ2n) is 6.62. The molecule has 0 bridgehead atoms. The Bertz CT molecular complexity index is 961. The Labute approximate surface area is 170 Å². The van der Waals surface area contributed by atoms with Crippen LogP contribution in [0.25, 0.3) is 0 Å². The third-order valence-corrected chi connectivity index (χ3v) is 4.30. The molecule has 0 amide bonds. The van der Waals surface area contributed by atoms with Gasteiger partial charge in [-0.2, -0.15) is 0 Å². The first-order chi connectivity index (χ1) is 14.1. The standard InChI is InChI=1S/C17H16F3NO.C4H4O4/c1-10-16(19)13(18)7-14(17(10)20)22-15-9-21(2)8-11-5-3-4-6-12(11)15;5-3(6)1-2-4(7)8/h3-7,15H,8-9H2,1-2H3;1-2H,(H,5,6)(H,7,8). The Kier molecular flexibility index (Phi) is 7.60. The van der Waals surface area contributed by atoms with Crippen LogP contribution in [0.5, 0.6) is 5.75 Å². The lowest BCUT2D eigenvalue weighted by molar-refractivity contribution is -0.134. The summed E-state index contributed by atoms with van der Waals surface area (Å²) in [7, 11) is 1.93. The normalized spacial score (nSPS) is 15.8. The molecule has 0 aromatic heterocycles. The van der Waals surface area contributed by atoms with Gasteiger partial charge in [-0.25, -0.2) is 22.8 Å². The van der Waals surface area contributed by atoms with Gasteiger partial charge in [0.15, 0.2) is 23.2 Å². The van der Waals surface area contributed by atoms with E-state index in [2.05, 4.69) is 0 Å². The van der Waals surface area contributed by atoms with Crippen molar-refractivity contribution in [1.29, 1.82) is 0 Å². The third-order valence-electron chi connectivity index (χ3n) is 4.30. The first kappa shape index (κ1) is 23.0. The predicted molar refractivity (Wildman–Crippen MR) is 102 cm³/mol. The molecule has 0 aliphatic carbocycles. The number of likely N-dealkylation sites (N-methyl/N-ethyl adjacent to an activating group) is 1. The molecule has 6 nitrogen and oxygen atoms in total. The van der Waals surface area contributed by atoms with Crippen molar-refractivity contribution in [3.05, 3.63) is 76.6 Å². The minimum atomic E-state index is -1.26. The van der Waals surface area contributed by atoms with Crippen LogP contribution in [0.2, 0.25) is 0 Å². The fraction of sp³-hybridized carbons (Fsp3) is 0.238. The Balaban J connectivity index is 0.000000343. The summed E-state index contributed by atoms with van der Waals surface area (Å²) >= 11 is 0. The van der Waals surface area contributed by atoms with E-state index in [1.807, 2.05) is 36.2 Å². The van der Waals surface area contributed by atoms with Crippen LogP contribution in [-0.4, -0.2) is 40.6 Å². The lowest BCUT2D eigenvalue weighted by Gasteiger charge is -2.32. The number of fused-ring (bicyclic) bond motifs is 1. The smallest absolute Gasteiger partial charge is 0.328 e. The lowest BCUT2D eigenvalue weighted by atomic mass is 9.97. The van der Waals surface area contributed by atoms with E-state index in [0.717, 1.165) is 23.7 Å². The van der Waals surface area contributed by atoms with Crippen LogP contribution in [0.3, 0.4) is 0 Å². The Morgan fingerprint density at radius 3 is 2.30 bits per heavy atom. The SMILES string of the molecule is Cc1c(F)c(F)cc(OC2CN(C)Cc3ccccc32)c1F.O=C(O)C=CC(=O)O. The van der Waals surface area contributed by atoms with Crippen molar-refractivity contribution >= 4 is 11.9 Å². The van der Waals surface area contributed by atoms with E-state index < -0.39 is 35.5 Å². The Morgan fingerprint density at radius 2 is 1.70 bits per heavy atom. The van der Waals surface area contributed by atoms with Gasteiger partial charge < -0.3 is 14.9 Å². The minimum Gasteiger partial charge on any atom is -0.481 e. The molecule has 0 saturated heterocycles. The fourth-order valence-electron chi connectivity index (χ4n) is 2.91. The zero-order valence-electron chi connectivity index (χ0n) is 16.2. The van der Waals surface area contributed by atoms with E-state index in [1.165, 1.54) is 6.92 Å². The van der Waals surface area contributed by atoms with Crippen LogP contribution < -0.4 is 4.74 Å². The van der Waals surface area contributed by atoms with E-state index >= 15 is 0 Å². The monoisotopic (exact) mass is 423 g/mol. The summed E-state index contributed by atoms with van der Waals surface area (Å²) < 4.78 is 46.7. The van der Waals surface area contributed by atoms with Gasteiger partial charge in [0.05, 0.1) is 0 Å². The minimum absolute atomic E-state index is 0.258. The summed E-state index contributed by atoms with van der Waals surface area (Å²) in [4.78, 5) is 21.1. The maximum Gasteiger partial charge on any atom is 0.328 e. The maximum atomic E-state index is 14.1. The highest BCUT2D eigenvalue weighted by Gasteiger charge is 2.26. The van der Waals surface area contributed by atoms with Crippen LogP contribution in [0, 0.1) is 24.4 Å². The largest absolute Gasteiger partial charge is 0.481 e. The molecule has 2 aromatic rings. The summed E-state index contributed by atoms with van der Waals surface area (Å²) in [5.41, 5.74) is 1.66. The van der Waals surface area contributed by atoms with Crippen molar-refractivity contribution in [2.24, 2.45) is 0 Å². The number of hydrogen-bond acceptors (Lipinski definition) is 4. The van der Waals surface area contributed by atoms with Crippen LogP contribution in [0.4, 0.5) is 13.2 Å². The zero-order valence-corrected chi connectivity index (χ0v) is 16.2. The predicted octanol–water partition coefficient (Wildman–Crippen LogP) is 3.69. The summed E-state index contributed by atoms with van der Waals surface area (Å²) in [5, 5.41) is 15.6. The van der Waals surface area contributed by atoms with Gasteiger partial charge in [-0.1, -0.05) is 24.3 Å². The summed E-state index contributed by atoms with van der Waals surface area (Å²) in [6.45, 7) is 2.52. The van der Waals surface area contributed by atoms with Gasteiger partial charge in [0.2, 0.25) is 0 Å². The molecule has 1 aliphatic rings. The summed E-state index contributed by atoms with van der Waals surface area (Å²) in [6.07, 6.45) is 0.693. The van der Waals surface area contributed by atoms with Gasteiger partial charge in [-0.3, -0.25) is 4.90 Å². The molecule has 1 atom stereocenters. The number of carbonyl (C=O) groups is 2.